The third-order valence-corrected chi connectivity index (χ3v) is 9.32. The van der Waals surface area contributed by atoms with E-state index in [0.29, 0.717) is 11.6 Å². The van der Waals surface area contributed by atoms with Crippen LogP contribution in [-0.2, 0) is 10.0 Å². The molecular weight excluding hydrogens is 436 g/mol. The standard InChI is InChI=1S/C23H27F2N3O3S/c1-14-18(20-15(2)28-32(29,30)22(20,3)13-23(14,24)25)10-9-17-8-7-16(12-27-17)19-6-5-11-26-21(19)31-4/h5-12,14-15,18,20,28H,13H2,1-4H3/b10-9+/t14-,15+,18-,20-,22+/m0/s1. The summed E-state index contributed by atoms with van der Waals surface area (Å²) in [6, 6.07) is 6.90. The summed E-state index contributed by atoms with van der Waals surface area (Å²) in [5, 5.41) is 0. The lowest BCUT2D eigenvalue weighted by Gasteiger charge is -2.47. The molecule has 6 nitrogen and oxygen atoms in total. The van der Waals surface area contributed by atoms with Gasteiger partial charge < -0.3 is 4.74 Å². The van der Waals surface area contributed by atoms with E-state index in [4.69, 9.17) is 4.74 Å². The smallest absolute Gasteiger partial charge is 0.252 e. The minimum atomic E-state index is -3.85. The van der Waals surface area contributed by atoms with Gasteiger partial charge in [0.15, 0.2) is 0 Å². The van der Waals surface area contributed by atoms with Gasteiger partial charge in [-0.3, -0.25) is 4.98 Å². The van der Waals surface area contributed by atoms with Crippen LogP contribution in [0.5, 0.6) is 5.88 Å². The fourth-order valence-electron chi connectivity index (χ4n) is 5.27. The molecule has 3 heterocycles. The van der Waals surface area contributed by atoms with Gasteiger partial charge in [-0.15, -0.1) is 0 Å². The van der Waals surface area contributed by atoms with E-state index in [1.54, 1.807) is 50.7 Å². The van der Waals surface area contributed by atoms with Crippen LogP contribution in [0.15, 0.2) is 42.7 Å². The first-order valence-corrected chi connectivity index (χ1v) is 12.0. The molecule has 9 heteroatoms. The number of pyridine rings is 2. The molecule has 2 fully saturated rings. The molecule has 2 aromatic heterocycles. The minimum absolute atomic E-state index is 0.424. The number of halogens is 2. The quantitative estimate of drug-likeness (QED) is 0.737. The highest BCUT2D eigenvalue weighted by Gasteiger charge is 2.66. The van der Waals surface area contributed by atoms with E-state index < -0.39 is 50.9 Å². The van der Waals surface area contributed by atoms with Crippen molar-refractivity contribution in [1.29, 1.82) is 0 Å². The fourth-order valence-corrected chi connectivity index (χ4v) is 7.28. The molecule has 0 bridgehead atoms. The summed E-state index contributed by atoms with van der Waals surface area (Å²) < 4.78 is 61.4. The Morgan fingerprint density at radius 2 is 1.97 bits per heavy atom. The Kier molecular flexibility index (Phi) is 5.61. The van der Waals surface area contributed by atoms with Crippen molar-refractivity contribution in [3.8, 4) is 17.0 Å². The van der Waals surface area contributed by atoms with Gasteiger partial charge in [0.05, 0.1) is 17.6 Å². The topological polar surface area (TPSA) is 81.2 Å². The lowest BCUT2D eigenvalue weighted by Crippen LogP contribution is -2.56. The van der Waals surface area contributed by atoms with E-state index in [0.717, 1.165) is 11.1 Å². The number of fused-ring (bicyclic) bond motifs is 1. The molecule has 0 amide bonds. The van der Waals surface area contributed by atoms with E-state index in [9.17, 15) is 17.2 Å². The van der Waals surface area contributed by atoms with Crippen LogP contribution in [0.4, 0.5) is 8.78 Å². The summed E-state index contributed by atoms with van der Waals surface area (Å²) in [5.74, 6) is -4.68. The first-order chi connectivity index (χ1) is 15.0. The maximum absolute atomic E-state index is 14.9. The van der Waals surface area contributed by atoms with Gasteiger partial charge in [0.1, 0.15) is 0 Å². The zero-order valence-corrected chi connectivity index (χ0v) is 19.2. The zero-order chi connectivity index (χ0) is 23.3. The summed E-state index contributed by atoms with van der Waals surface area (Å²) in [6.07, 6.45) is 6.04. The number of hydrogen-bond donors (Lipinski definition) is 1. The molecule has 1 aliphatic heterocycles. The maximum atomic E-state index is 14.9. The average molecular weight is 464 g/mol. The van der Waals surface area contributed by atoms with Crippen LogP contribution in [-0.4, -0.2) is 42.2 Å². The number of alkyl halides is 2. The van der Waals surface area contributed by atoms with Gasteiger partial charge in [0.25, 0.3) is 5.92 Å². The third kappa shape index (κ3) is 3.61. The Hall–Kier alpha value is -2.39. The molecule has 0 radical (unpaired) electrons. The minimum Gasteiger partial charge on any atom is -0.481 e. The van der Waals surface area contributed by atoms with Crippen molar-refractivity contribution in [2.45, 2.75) is 43.9 Å². The Bertz CT molecular complexity index is 1140. The van der Waals surface area contributed by atoms with Gasteiger partial charge in [0, 0.05) is 47.8 Å². The summed E-state index contributed by atoms with van der Waals surface area (Å²) >= 11 is 0. The molecule has 1 saturated carbocycles. The monoisotopic (exact) mass is 463 g/mol. The first kappa shape index (κ1) is 22.8. The van der Waals surface area contributed by atoms with E-state index in [-0.39, 0.29) is 0 Å². The molecule has 0 unspecified atom stereocenters. The van der Waals surface area contributed by atoms with E-state index in [1.165, 1.54) is 13.8 Å². The molecule has 1 saturated heterocycles. The maximum Gasteiger partial charge on any atom is 0.252 e. The molecule has 0 spiro atoms. The molecule has 32 heavy (non-hydrogen) atoms. The molecule has 0 aromatic carbocycles. The SMILES string of the molecule is COc1ncccc1-c1ccc(/C=C/[C@@H]2[C@@H]3[C@@H](C)NS(=O)(=O)[C@]3(C)CC(F)(F)[C@H]2C)nc1. The summed E-state index contributed by atoms with van der Waals surface area (Å²) in [5.41, 5.74) is 2.21. The molecular formula is C23H27F2N3O3S. The second-order valence-corrected chi connectivity index (χ2v) is 11.1. The molecule has 4 rings (SSSR count). The van der Waals surface area contributed by atoms with Crippen molar-refractivity contribution in [2.24, 2.45) is 17.8 Å². The van der Waals surface area contributed by atoms with E-state index >= 15 is 0 Å². The van der Waals surface area contributed by atoms with Gasteiger partial charge >= 0.3 is 0 Å². The normalized spacial score (nSPS) is 33.2. The molecule has 172 valence electrons. The highest BCUT2D eigenvalue weighted by atomic mass is 32.2. The number of hydrogen-bond acceptors (Lipinski definition) is 5. The number of nitrogens with one attached hydrogen (secondary N) is 1. The average Bonchev–Trinajstić information content (AvgIpc) is 2.91. The predicted octanol–water partition coefficient (Wildman–Crippen LogP) is 4.15. The Balaban J connectivity index is 1.64. The van der Waals surface area contributed by atoms with Crippen LogP contribution < -0.4 is 9.46 Å². The highest BCUT2D eigenvalue weighted by Crippen LogP contribution is 2.56. The van der Waals surface area contributed by atoms with E-state index in [2.05, 4.69) is 14.7 Å². The van der Waals surface area contributed by atoms with Gasteiger partial charge in [-0.25, -0.2) is 26.9 Å². The number of nitrogens with zero attached hydrogens (tertiary/aromatic N) is 2. The Morgan fingerprint density at radius 3 is 2.62 bits per heavy atom. The van der Waals surface area contributed by atoms with Crippen LogP contribution in [0.25, 0.3) is 17.2 Å². The van der Waals surface area contributed by atoms with Gasteiger partial charge in [0.2, 0.25) is 15.9 Å². The summed E-state index contributed by atoms with van der Waals surface area (Å²) in [6.45, 7) is 4.69. The van der Waals surface area contributed by atoms with Gasteiger partial charge in [-0.2, -0.15) is 0 Å². The lowest BCUT2D eigenvalue weighted by molar-refractivity contribution is -0.121. The van der Waals surface area contributed by atoms with Crippen molar-refractivity contribution in [3.63, 3.8) is 0 Å². The molecule has 5 atom stereocenters. The van der Waals surface area contributed by atoms with Crippen molar-refractivity contribution in [1.82, 2.24) is 14.7 Å². The second kappa shape index (κ2) is 7.88. The van der Waals surface area contributed by atoms with Crippen LogP contribution in [0.1, 0.15) is 32.9 Å². The zero-order valence-electron chi connectivity index (χ0n) is 18.4. The predicted molar refractivity (Wildman–Crippen MR) is 119 cm³/mol. The molecule has 2 aromatic rings. The van der Waals surface area contributed by atoms with Crippen LogP contribution in [0, 0.1) is 17.8 Å². The second-order valence-electron chi connectivity index (χ2n) is 8.94. The summed E-state index contributed by atoms with van der Waals surface area (Å²) in [4.78, 5) is 8.62. The summed E-state index contributed by atoms with van der Waals surface area (Å²) in [7, 11) is -2.30. The first-order valence-electron chi connectivity index (χ1n) is 10.5. The third-order valence-electron chi connectivity index (χ3n) is 6.99. The molecule has 1 aliphatic carbocycles. The number of methoxy groups -OCH3 is 1. The number of aromatic nitrogens is 2. The number of rotatable bonds is 4. The van der Waals surface area contributed by atoms with Crippen molar-refractivity contribution in [3.05, 3.63) is 48.4 Å². The van der Waals surface area contributed by atoms with Crippen LogP contribution >= 0.6 is 0 Å². The van der Waals surface area contributed by atoms with Crippen molar-refractivity contribution < 1.29 is 21.9 Å². The Morgan fingerprint density at radius 1 is 1.22 bits per heavy atom. The van der Waals surface area contributed by atoms with Crippen molar-refractivity contribution in [2.75, 3.05) is 7.11 Å². The largest absolute Gasteiger partial charge is 0.481 e. The number of ether oxygens (including phenoxy) is 1. The van der Waals surface area contributed by atoms with E-state index in [1.807, 2.05) is 12.1 Å². The molecule has 1 N–H and O–H groups in total. The highest BCUT2D eigenvalue weighted by molar-refractivity contribution is 7.91. The van der Waals surface area contributed by atoms with Gasteiger partial charge in [-0.05, 0) is 44.0 Å². The lowest BCUT2D eigenvalue weighted by atomic mass is 9.63. The number of sulfonamides is 1. The van der Waals surface area contributed by atoms with Gasteiger partial charge in [-0.1, -0.05) is 19.1 Å². The fraction of sp³-hybridized carbons (Fsp3) is 0.478. The molecule has 2 aliphatic rings. The van der Waals surface area contributed by atoms with Crippen LogP contribution in [0.3, 0.4) is 0 Å². The number of allylic oxidation sites excluding steroid dienone is 1. The van der Waals surface area contributed by atoms with Crippen LogP contribution in [0.2, 0.25) is 0 Å². The Labute approximate surface area is 187 Å². The van der Waals surface area contributed by atoms with Crippen molar-refractivity contribution >= 4 is 16.1 Å².